The highest BCUT2D eigenvalue weighted by molar-refractivity contribution is 5.80. The van der Waals surface area contributed by atoms with Crippen LogP contribution in [0.5, 0.6) is 0 Å². The minimum absolute atomic E-state index is 0.343. The first-order chi connectivity index (χ1) is 28.0. The highest BCUT2D eigenvalue weighted by Gasteiger charge is 2.28. The van der Waals surface area contributed by atoms with Gasteiger partial charge in [0.2, 0.25) is 5.91 Å². The number of allylic oxidation sites excluding steroid dienone is 8. The SMILES string of the molecule is CCCCCCCCCCC/C=C\CCCCCCC(O)C(=O)NC(CO)C(O)C(O)CCC/C=C/CC/C=C/CC/C=C/CCCCCCCCCCCCC. The lowest BCUT2D eigenvalue weighted by Gasteiger charge is -2.27. The Morgan fingerprint density at radius 1 is 0.421 bits per heavy atom. The Kier molecular flexibility index (Phi) is 44.0. The van der Waals surface area contributed by atoms with Gasteiger partial charge < -0.3 is 25.7 Å². The van der Waals surface area contributed by atoms with Crippen molar-refractivity contribution in [1.29, 1.82) is 0 Å². The van der Waals surface area contributed by atoms with E-state index in [9.17, 15) is 25.2 Å². The number of aliphatic hydroxyl groups excluding tert-OH is 4. The van der Waals surface area contributed by atoms with E-state index in [2.05, 4.69) is 67.8 Å². The molecule has 0 aromatic heterocycles. The minimum Gasteiger partial charge on any atom is -0.394 e. The summed E-state index contributed by atoms with van der Waals surface area (Å²) in [5.74, 6) is -0.608. The molecule has 0 saturated heterocycles. The summed E-state index contributed by atoms with van der Waals surface area (Å²) in [6.45, 7) is 4.04. The monoisotopic (exact) mass is 802 g/mol. The molecule has 0 aliphatic heterocycles. The van der Waals surface area contributed by atoms with Crippen LogP contribution in [0.4, 0.5) is 0 Å². The van der Waals surface area contributed by atoms with Gasteiger partial charge in [0, 0.05) is 0 Å². The summed E-state index contributed by atoms with van der Waals surface area (Å²) < 4.78 is 0. The Morgan fingerprint density at radius 2 is 0.737 bits per heavy atom. The van der Waals surface area contributed by atoms with Gasteiger partial charge in [-0.25, -0.2) is 0 Å². The van der Waals surface area contributed by atoms with Crippen molar-refractivity contribution < 1.29 is 25.2 Å². The normalized spacial score (nSPS) is 14.4. The van der Waals surface area contributed by atoms with E-state index < -0.39 is 36.9 Å². The number of aliphatic hydroxyl groups is 4. The summed E-state index contributed by atoms with van der Waals surface area (Å²) in [5, 5.41) is 43.7. The zero-order valence-electron chi connectivity index (χ0n) is 37.6. The Balaban J connectivity index is 3.80. The first-order valence-electron chi connectivity index (χ1n) is 24.5. The molecule has 0 rings (SSSR count). The number of hydrogen-bond acceptors (Lipinski definition) is 5. The van der Waals surface area contributed by atoms with Crippen molar-refractivity contribution in [2.45, 2.75) is 263 Å². The largest absolute Gasteiger partial charge is 0.394 e. The summed E-state index contributed by atoms with van der Waals surface area (Å²) in [4.78, 5) is 12.5. The highest BCUT2D eigenvalue weighted by Crippen LogP contribution is 2.15. The molecular weight excluding hydrogens is 707 g/mol. The number of carbonyl (C=O) groups is 1. The number of hydrogen-bond donors (Lipinski definition) is 5. The van der Waals surface area contributed by atoms with E-state index in [1.807, 2.05) is 0 Å². The predicted molar refractivity (Wildman–Crippen MR) is 247 cm³/mol. The van der Waals surface area contributed by atoms with Crippen LogP contribution >= 0.6 is 0 Å². The Hall–Kier alpha value is -1.73. The van der Waals surface area contributed by atoms with Gasteiger partial charge in [-0.2, -0.15) is 0 Å². The molecule has 0 spiro atoms. The topological polar surface area (TPSA) is 110 Å². The Morgan fingerprint density at radius 3 is 1.11 bits per heavy atom. The average Bonchev–Trinajstić information content (AvgIpc) is 3.22. The summed E-state index contributed by atoms with van der Waals surface area (Å²) in [7, 11) is 0. The minimum atomic E-state index is -1.30. The van der Waals surface area contributed by atoms with E-state index in [1.54, 1.807) is 0 Å². The van der Waals surface area contributed by atoms with Crippen molar-refractivity contribution in [2.75, 3.05) is 6.61 Å². The van der Waals surface area contributed by atoms with Crippen molar-refractivity contribution in [1.82, 2.24) is 5.32 Å². The molecule has 0 radical (unpaired) electrons. The van der Waals surface area contributed by atoms with E-state index in [4.69, 9.17) is 0 Å². The molecule has 334 valence electrons. The molecule has 6 heteroatoms. The number of amides is 1. The molecule has 0 bridgehead atoms. The van der Waals surface area contributed by atoms with E-state index in [1.165, 1.54) is 141 Å². The van der Waals surface area contributed by atoms with Crippen LogP contribution in [-0.4, -0.2) is 57.3 Å². The maximum atomic E-state index is 12.5. The van der Waals surface area contributed by atoms with Gasteiger partial charge in [-0.05, 0) is 89.9 Å². The van der Waals surface area contributed by atoms with E-state index in [-0.39, 0.29) is 0 Å². The van der Waals surface area contributed by atoms with Gasteiger partial charge in [0.25, 0.3) is 0 Å². The molecule has 0 aromatic carbocycles. The lowest BCUT2D eigenvalue weighted by atomic mass is 10.00. The molecule has 0 aromatic rings. The number of carbonyl (C=O) groups excluding carboxylic acids is 1. The quantitative estimate of drug-likeness (QED) is 0.0311. The van der Waals surface area contributed by atoms with E-state index in [0.29, 0.717) is 19.3 Å². The number of nitrogens with one attached hydrogen (secondary N) is 1. The predicted octanol–water partition coefficient (Wildman–Crippen LogP) is 13.5. The molecule has 4 atom stereocenters. The molecule has 0 aliphatic carbocycles. The number of rotatable bonds is 44. The smallest absolute Gasteiger partial charge is 0.249 e. The van der Waals surface area contributed by atoms with Gasteiger partial charge in [-0.3, -0.25) is 4.79 Å². The van der Waals surface area contributed by atoms with Crippen molar-refractivity contribution in [3.8, 4) is 0 Å². The Labute approximate surface area is 353 Å². The molecule has 57 heavy (non-hydrogen) atoms. The fourth-order valence-electron chi connectivity index (χ4n) is 7.31. The third kappa shape index (κ3) is 39.5. The van der Waals surface area contributed by atoms with Gasteiger partial charge in [0.15, 0.2) is 0 Å². The van der Waals surface area contributed by atoms with E-state index in [0.717, 1.165) is 64.2 Å². The van der Waals surface area contributed by atoms with Crippen LogP contribution in [0.25, 0.3) is 0 Å². The lowest BCUT2D eigenvalue weighted by molar-refractivity contribution is -0.132. The molecule has 0 saturated carbocycles. The van der Waals surface area contributed by atoms with Gasteiger partial charge >= 0.3 is 0 Å². The fourth-order valence-corrected chi connectivity index (χ4v) is 7.31. The third-order valence-electron chi connectivity index (χ3n) is 11.2. The first kappa shape index (κ1) is 55.3. The molecule has 0 fully saturated rings. The lowest BCUT2D eigenvalue weighted by Crippen LogP contribution is -2.53. The van der Waals surface area contributed by atoms with Gasteiger partial charge in [0.1, 0.15) is 12.2 Å². The van der Waals surface area contributed by atoms with E-state index >= 15 is 0 Å². The summed E-state index contributed by atoms with van der Waals surface area (Å²) in [6, 6.07) is -1.02. The highest BCUT2D eigenvalue weighted by atomic mass is 16.3. The van der Waals surface area contributed by atoms with Crippen LogP contribution in [0.1, 0.15) is 239 Å². The zero-order valence-corrected chi connectivity index (χ0v) is 37.6. The average molecular weight is 802 g/mol. The second kappa shape index (κ2) is 45.4. The Bertz CT molecular complexity index is 946. The van der Waals surface area contributed by atoms with Crippen molar-refractivity contribution in [2.24, 2.45) is 0 Å². The molecule has 4 unspecified atom stereocenters. The summed E-state index contributed by atoms with van der Waals surface area (Å²) in [5.41, 5.74) is 0. The number of unbranched alkanes of at least 4 members (excludes halogenated alkanes) is 27. The second-order valence-electron chi connectivity index (χ2n) is 16.8. The van der Waals surface area contributed by atoms with Crippen molar-refractivity contribution in [3.63, 3.8) is 0 Å². The van der Waals surface area contributed by atoms with Gasteiger partial charge in [-0.1, -0.05) is 197 Å². The molecular formula is C51H95NO5. The maximum absolute atomic E-state index is 12.5. The van der Waals surface area contributed by atoms with Crippen LogP contribution in [0.3, 0.4) is 0 Å². The summed E-state index contributed by atoms with van der Waals surface area (Å²) in [6.07, 6.45) is 55.8. The van der Waals surface area contributed by atoms with Gasteiger partial charge in [-0.15, -0.1) is 0 Å². The fraction of sp³-hybridized carbons (Fsp3) is 0.824. The molecule has 6 nitrogen and oxygen atoms in total. The summed E-state index contributed by atoms with van der Waals surface area (Å²) >= 11 is 0. The zero-order chi connectivity index (χ0) is 41.7. The van der Waals surface area contributed by atoms with Crippen LogP contribution in [-0.2, 0) is 4.79 Å². The molecule has 1 amide bonds. The van der Waals surface area contributed by atoms with Crippen LogP contribution in [0, 0.1) is 0 Å². The molecule has 0 heterocycles. The van der Waals surface area contributed by atoms with Crippen LogP contribution < -0.4 is 5.32 Å². The standard InChI is InChI=1S/C51H95NO5/c1-3-5-7-9-11-13-15-17-19-21-22-23-24-25-26-27-29-30-32-34-36-38-40-42-44-48(54)50(56)47(46-53)52-51(57)49(55)45-43-41-39-37-35-33-31-28-20-18-16-14-12-10-8-6-4-2/h24-25,29-31,33,36,38,47-50,53-56H,3-23,26-28,32,34-35,37,39-46H2,1-2H3,(H,52,57)/b25-24+,30-29+,33-31-,38-36+. The molecule has 0 aliphatic rings. The van der Waals surface area contributed by atoms with Crippen molar-refractivity contribution >= 4 is 5.91 Å². The van der Waals surface area contributed by atoms with Crippen molar-refractivity contribution in [3.05, 3.63) is 48.6 Å². The maximum Gasteiger partial charge on any atom is 0.249 e. The second-order valence-corrected chi connectivity index (χ2v) is 16.8. The van der Waals surface area contributed by atoms with Gasteiger partial charge in [0.05, 0.1) is 18.8 Å². The van der Waals surface area contributed by atoms with Crippen LogP contribution in [0.2, 0.25) is 0 Å². The first-order valence-corrected chi connectivity index (χ1v) is 24.5. The third-order valence-corrected chi connectivity index (χ3v) is 11.2. The van der Waals surface area contributed by atoms with Crippen LogP contribution in [0.15, 0.2) is 48.6 Å². The molecule has 5 N–H and O–H groups in total.